The molecule has 4 nitrogen and oxygen atoms in total. The van der Waals surface area contributed by atoms with Gasteiger partial charge in [-0.15, -0.1) is 0 Å². The number of likely N-dealkylation sites (N-methyl/N-ethyl adjacent to an activating group) is 1. The van der Waals surface area contributed by atoms with Gasteiger partial charge in [-0.2, -0.15) is 0 Å². The Hall–Kier alpha value is -2.33. The lowest BCUT2D eigenvalue weighted by Gasteiger charge is -2.37. The van der Waals surface area contributed by atoms with Gasteiger partial charge in [0.25, 0.3) is 0 Å². The van der Waals surface area contributed by atoms with E-state index in [0.29, 0.717) is 5.92 Å². The quantitative estimate of drug-likeness (QED) is 0.936. The molecule has 0 aromatic heterocycles. The topological polar surface area (TPSA) is 41.6 Å². The van der Waals surface area contributed by atoms with Crippen LogP contribution in [0.3, 0.4) is 0 Å². The van der Waals surface area contributed by atoms with Gasteiger partial charge in [-0.25, -0.2) is 0 Å². The average molecular weight is 324 g/mol. The number of amides is 1. The molecule has 1 aliphatic heterocycles. The normalized spacial score (nSPS) is 21.2. The van der Waals surface area contributed by atoms with Crippen molar-refractivity contribution < 1.29 is 9.53 Å². The standard InChI is InChI=1S/C20H24N2O2/c1-15(23)21-17-8-10-18(11-9-17)24-20-12-13-22(2)14-19(20)16-6-4-3-5-7-16/h3-11,19-20H,12-14H2,1-2H3,(H,21,23)/t19-,20-/m1/s1. The second-order valence-corrected chi connectivity index (χ2v) is 6.43. The van der Waals surface area contributed by atoms with Gasteiger partial charge < -0.3 is 15.0 Å². The van der Waals surface area contributed by atoms with Crippen LogP contribution in [0.4, 0.5) is 5.69 Å². The summed E-state index contributed by atoms with van der Waals surface area (Å²) in [6.45, 7) is 3.55. The molecule has 0 aliphatic carbocycles. The zero-order valence-electron chi connectivity index (χ0n) is 14.2. The van der Waals surface area contributed by atoms with Crippen molar-refractivity contribution in [3.8, 4) is 5.75 Å². The van der Waals surface area contributed by atoms with Crippen LogP contribution in [0.15, 0.2) is 54.6 Å². The molecule has 2 atom stereocenters. The van der Waals surface area contributed by atoms with Crippen molar-refractivity contribution in [2.24, 2.45) is 0 Å². The molecule has 3 rings (SSSR count). The summed E-state index contributed by atoms with van der Waals surface area (Å²) in [7, 11) is 2.16. The highest BCUT2D eigenvalue weighted by atomic mass is 16.5. The molecule has 1 fully saturated rings. The molecule has 0 saturated carbocycles. The van der Waals surface area contributed by atoms with Crippen molar-refractivity contribution in [3.63, 3.8) is 0 Å². The van der Waals surface area contributed by atoms with E-state index in [2.05, 4.69) is 41.5 Å². The molecule has 1 amide bonds. The Morgan fingerprint density at radius 1 is 1.12 bits per heavy atom. The summed E-state index contributed by atoms with van der Waals surface area (Å²) in [6.07, 6.45) is 1.17. The first-order valence-corrected chi connectivity index (χ1v) is 8.39. The molecule has 1 saturated heterocycles. The van der Waals surface area contributed by atoms with Gasteiger partial charge in [0, 0.05) is 31.6 Å². The molecule has 1 N–H and O–H groups in total. The zero-order valence-corrected chi connectivity index (χ0v) is 14.2. The molecule has 0 radical (unpaired) electrons. The summed E-state index contributed by atoms with van der Waals surface area (Å²) < 4.78 is 6.29. The minimum absolute atomic E-state index is 0.0665. The summed E-state index contributed by atoms with van der Waals surface area (Å²) in [4.78, 5) is 13.5. The van der Waals surface area contributed by atoms with Crippen molar-refractivity contribution in [2.75, 3.05) is 25.5 Å². The first-order valence-electron chi connectivity index (χ1n) is 8.39. The van der Waals surface area contributed by atoms with Gasteiger partial charge in [0.15, 0.2) is 0 Å². The number of nitrogens with zero attached hydrogens (tertiary/aromatic N) is 1. The van der Waals surface area contributed by atoms with Crippen LogP contribution in [0.5, 0.6) is 5.75 Å². The van der Waals surface area contributed by atoms with Gasteiger partial charge in [0.05, 0.1) is 0 Å². The van der Waals surface area contributed by atoms with Crippen LogP contribution in [-0.2, 0) is 4.79 Å². The maximum atomic E-state index is 11.1. The number of carbonyl (C=O) groups excluding carboxylic acids is 1. The SMILES string of the molecule is CC(=O)Nc1ccc(O[C@@H]2CCN(C)C[C@@H]2c2ccccc2)cc1. The number of likely N-dealkylation sites (tertiary alicyclic amines) is 1. The largest absolute Gasteiger partial charge is 0.490 e. The molecule has 2 aromatic rings. The fraction of sp³-hybridized carbons (Fsp3) is 0.350. The van der Waals surface area contributed by atoms with Gasteiger partial charge in [-0.1, -0.05) is 30.3 Å². The Balaban J connectivity index is 1.73. The highest BCUT2D eigenvalue weighted by molar-refractivity contribution is 5.88. The molecular weight excluding hydrogens is 300 g/mol. The molecule has 0 spiro atoms. The minimum atomic E-state index is -0.0665. The summed E-state index contributed by atoms with van der Waals surface area (Å²) in [5, 5.41) is 2.77. The molecule has 24 heavy (non-hydrogen) atoms. The van der Waals surface area contributed by atoms with Crippen LogP contribution in [0.25, 0.3) is 0 Å². The Kier molecular flexibility index (Phi) is 5.16. The number of hydrogen-bond acceptors (Lipinski definition) is 3. The van der Waals surface area contributed by atoms with E-state index in [-0.39, 0.29) is 12.0 Å². The number of piperidine rings is 1. The molecule has 1 aliphatic rings. The second-order valence-electron chi connectivity index (χ2n) is 6.43. The van der Waals surface area contributed by atoms with Crippen molar-refractivity contribution >= 4 is 11.6 Å². The minimum Gasteiger partial charge on any atom is -0.490 e. The van der Waals surface area contributed by atoms with Crippen LogP contribution in [0.1, 0.15) is 24.8 Å². The molecule has 2 aromatic carbocycles. The van der Waals surface area contributed by atoms with Crippen LogP contribution >= 0.6 is 0 Å². The van der Waals surface area contributed by atoms with Crippen molar-refractivity contribution in [3.05, 3.63) is 60.2 Å². The number of rotatable bonds is 4. The van der Waals surface area contributed by atoms with Gasteiger partial charge >= 0.3 is 0 Å². The fourth-order valence-corrected chi connectivity index (χ4v) is 3.25. The van der Waals surface area contributed by atoms with Crippen molar-refractivity contribution in [1.82, 2.24) is 4.90 Å². The third-order valence-corrected chi connectivity index (χ3v) is 4.44. The van der Waals surface area contributed by atoms with E-state index < -0.39 is 0 Å². The van der Waals surface area contributed by atoms with E-state index in [1.165, 1.54) is 12.5 Å². The van der Waals surface area contributed by atoms with E-state index in [9.17, 15) is 4.79 Å². The Labute approximate surface area is 143 Å². The maximum Gasteiger partial charge on any atom is 0.221 e. The number of ether oxygens (including phenoxy) is 1. The molecular formula is C20H24N2O2. The van der Waals surface area contributed by atoms with Gasteiger partial charge in [0.2, 0.25) is 5.91 Å². The number of benzene rings is 2. The third kappa shape index (κ3) is 4.15. The van der Waals surface area contributed by atoms with Gasteiger partial charge in [0.1, 0.15) is 11.9 Å². The third-order valence-electron chi connectivity index (χ3n) is 4.44. The zero-order chi connectivity index (χ0) is 16.9. The predicted molar refractivity (Wildman–Crippen MR) is 96.5 cm³/mol. The molecule has 1 heterocycles. The highest BCUT2D eigenvalue weighted by Gasteiger charge is 2.30. The average Bonchev–Trinajstić information content (AvgIpc) is 2.58. The summed E-state index contributed by atoms with van der Waals surface area (Å²) in [6, 6.07) is 18.2. The number of carbonyl (C=O) groups is 1. The summed E-state index contributed by atoms with van der Waals surface area (Å²) in [5.41, 5.74) is 2.11. The van der Waals surface area contributed by atoms with Crippen molar-refractivity contribution in [2.45, 2.75) is 25.4 Å². The first-order chi connectivity index (χ1) is 11.6. The van der Waals surface area contributed by atoms with Gasteiger partial charge in [-0.3, -0.25) is 4.79 Å². The van der Waals surface area contributed by atoms with E-state index in [4.69, 9.17) is 4.74 Å². The number of nitrogens with one attached hydrogen (secondary N) is 1. The predicted octanol–water partition coefficient (Wildman–Crippen LogP) is 3.51. The van der Waals surface area contributed by atoms with E-state index in [0.717, 1.165) is 30.9 Å². The van der Waals surface area contributed by atoms with E-state index >= 15 is 0 Å². The Morgan fingerprint density at radius 3 is 2.50 bits per heavy atom. The summed E-state index contributed by atoms with van der Waals surface area (Å²) in [5.74, 6) is 1.14. The fourth-order valence-electron chi connectivity index (χ4n) is 3.25. The lowest BCUT2D eigenvalue weighted by atomic mass is 9.88. The lowest BCUT2D eigenvalue weighted by molar-refractivity contribution is -0.114. The number of hydrogen-bond donors (Lipinski definition) is 1. The van der Waals surface area contributed by atoms with Gasteiger partial charge in [-0.05, 0) is 43.3 Å². The number of anilines is 1. The monoisotopic (exact) mass is 324 g/mol. The van der Waals surface area contributed by atoms with Crippen LogP contribution < -0.4 is 10.1 Å². The van der Waals surface area contributed by atoms with Crippen LogP contribution in [-0.4, -0.2) is 37.0 Å². The highest BCUT2D eigenvalue weighted by Crippen LogP contribution is 2.30. The van der Waals surface area contributed by atoms with Crippen molar-refractivity contribution in [1.29, 1.82) is 0 Å². The molecule has 126 valence electrons. The summed E-state index contributed by atoms with van der Waals surface area (Å²) >= 11 is 0. The molecule has 4 heteroatoms. The Morgan fingerprint density at radius 2 is 1.83 bits per heavy atom. The smallest absolute Gasteiger partial charge is 0.221 e. The van der Waals surface area contributed by atoms with E-state index in [1.54, 1.807) is 0 Å². The van der Waals surface area contributed by atoms with Crippen LogP contribution in [0, 0.1) is 0 Å². The second kappa shape index (κ2) is 7.49. The maximum absolute atomic E-state index is 11.1. The lowest BCUT2D eigenvalue weighted by Crippen LogP contribution is -2.42. The molecule has 0 unspecified atom stereocenters. The Bertz CT molecular complexity index is 670. The first kappa shape index (κ1) is 16.5. The molecule has 0 bridgehead atoms. The van der Waals surface area contributed by atoms with E-state index in [1.807, 2.05) is 30.3 Å². The van der Waals surface area contributed by atoms with Crippen LogP contribution in [0.2, 0.25) is 0 Å².